The van der Waals surface area contributed by atoms with Gasteiger partial charge in [0.2, 0.25) is 0 Å². The first-order valence-electron chi connectivity index (χ1n) is 30.9. The van der Waals surface area contributed by atoms with Crippen LogP contribution in [0.15, 0.2) is 146 Å². The molecule has 2 aliphatic rings. The molecule has 13 rings (SSSR count). The largest absolute Gasteiger partial charge is 0.434 e. The lowest BCUT2D eigenvalue weighted by Gasteiger charge is -2.39. The second kappa shape index (κ2) is 23.9. The molecule has 0 aliphatic carbocycles. The number of nitrogens with one attached hydrogen (secondary N) is 2. The van der Waals surface area contributed by atoms with Crippen molar-refractivity contribution in [2.24, 2.45) is 35.5 Å². The molecule has 0 spiro atoms. The summed E-state index contributed by atoms with van der Waals surface area (Å²) >= 11 is 0. The molecule has 3 aromatic heterocycles. The minimum atomic E-state index is -1.79. The smallest absolute Gasteiger partial charge is 0.410 e. The minimum absolute atomic E-state index is 0.256. The monoisotopic (exact) mass is 1170 g/mol. The maximum absolute atomic E-state index is 6.94. The number of hydrogen-bond acceptors (Lipinski definition) is 8. The Morgan fingerprint density at radius 3 is 0.753 bits per heavy atom. The van der Waals surface area contributed by atoms with Gasteiger partial charge in [0.15, 0.2) is 39.9 Å². The van der Waals surface area contributed by atoms with Gasteiger partial charge in [0.25, 0.3) is 0 Å². The van der Waals surface area contributed by atoms with Crippen molar-refractivity contribution in [3.05, 3.63) is 146 Å². The van der Waals surface area contributed by atoms with Gasteiger partial charge in [-0.05, 0) is 163 Å². The Morgan fingerprint density at radius 2 is 0.518 bits per heavy atom. The lowest BCUT2D eigenvalue weighted by Crippen LogP contribution is -2.48. The third-order valence-corrected chi connectivity index (χ3v) is 30.0. The van der Waals surface area contributed by atoms with Crippen molar-refractivity contribution < 1.29 is 8.23 Å². The van der Waals surface area contributed by atoms with Crippen LogP contribution in [0.3, 0.4) is 0 Å². The van der Waals surface area contributed by atoms with E-state index < -0.39 is 16.6 Å². The van der Waals surface area contributed by atoms with E-state index in [-0.39, 0.29) is 10.0 Å². The zero-order valence-electron chi connectivity index (χ0n) is 51.6. The third-order valence-electron chi connectivity index (χ3n) is 16.5. The summed E-state index contributed by atoms with van der Waals surface area (Å²) in [5, 5.41) is 12.7. The van der Waals surface area contributed by atoms with Gasteiger partial charge in [0.05, 0.1) is 0 Å². The van der Waals surface area contributed by atoms with E-state index in [2.05, 4.69) is 239 Å². The van der Waals surface area contributed by atoms with Crippen molar-refractivity contribution in [2.45, 2.75) is 119 Å². The summed E-state index contributed by atoms with van der Waals surface area (Å²) in [4.78, 5) is 38.8. The van der Waals surface area contributed by atoms with E-state index in [9.17, 15) is 0 Å². The highest BCUT2D eigenvalue weighted by Crippen LogP contribution is 2.42. The summed E-state index contributed by atoms with van der Waals surface area (Å²) in [5.74, 6) is 6.47. The molecule has 2 radical (unpaired) electrons. The molecule has 5 heterocycles. The Kier molecular flexibility index (Phi) is 16.3. The number of hydrogen-bond donors (Lipinski definition) is 2. The topological polar surface area (TPSA) is 127 Å². The average molecular weight is 1170 g/mol. The molecule has 2 N–H and O–H groups in total. The first-order chi connectivity index (χ1) is 40.9. The summed E-state index contributed by atoms with van der Waals surface area (Å²) in [5.41, 5.74) is 6.35. The number of aromatic nitrogens is 8. The highest BCUT2D eigenvalue weighted by Gasteiger charge is 2.41. The summed E-state index contributed by atoms with van der Waals surface area (Å²) in [6.07, 6.45) is 0. The van der Waals surface area contributed by atoms with E-state index in [1.165, 1.54) is 36.3 Å². The molecule has 8 bridgehead atoms. The SMILES string of the molecule is CC(C)C[Si](CC(C)C)(CC(C)C)O[Si]O[Si](CC(C)C)(CC(C)C)CC(C)C.c1ccc2cc3c(cc2c1)-c1nc2nc(nc4[nH]c(nc5[nH]c(nc-3n1)c1cc3ccccc3cc51)c1cc3ccccc3cc41)-c1cc3ccccc3cc1-2. The van der Waals surface area contributed by atoms with E-state index in [1.54, 1.807) is 0 Å². The standard InChI is InChI=1S/C48H26N8.C24H54O2Si3/c1-2-10-26-18-34-33(17-25(26)9-1)41-49-42(34)54-44-37-21-29-13-5-6-14-30(29)22-38(37)46(51-44)56-48-40-24-32-16-8-7-15-31(32)23-39(40)47(52-48)55-45-36-20-28-12-4-3-11-27(28)19-35(36)43(50-45)53-41;1-19(2)13-28(14-20(3)4,15-21(5)6)25-27-26-29(16-22(7)8,17-23(9)10)18-24(11)12/h1-24H,(H2,49,50,51,52,53,54,55,56);19-24H,13-18H2,1-12H3. The first kappa shape index (κ1) is 58.1. The molecule has 13 heteroatoms. The number of aromatic amines is 2. The molecule has 0 atom stereocenters. The van der Waals surface area contributed by atoms with Crippen molar-refractivity contribution in [3.8, 4) is 45.6 Å². The summed E-state index contributed by atoms with van der Waals surface area (Å²) in [7, 11) is -3.33. The number of H-pyrrole nitrogens is 2. The molecule has 0 saturated carbocycles. The Balaban J connectivity index is 0.000000210. The molecule has 11 aromatic rings. The van der Waals surface area contributed by atoms with Gasteiger partial charge in [-0.3, -0.25) is 0 Å². The first-order valence-corrected chi connectivity index (χ1v) is 36.8. The van der Waals surface area contributed by atoms with Crippen molar-refractivity contribution in [2.75, 3.05) is 0 Å². The van der Waals surface area contributed by atoms with Crippen molar-refractivity contribution in [3.63, 3.8) is 0 Å². The van der Waals surface area contributed by atoms with Gasteiger partial charge in [-0.2, -0.15) is 0 Å². The van der Waals surface area contributed by atoms with Crippen LogP contribution in [-0.2, 0) is 8.23 Å². The second-order valence-electron chi connectivity index (χ2n) is 26.8. The van der Waals surface area contributed by atoms with Gasteiger partial charge in [0.1, 0.15) is 22.6 Å². The van der Waals surface area contributed by atoms with Crippen LogP contribution in [0.1, 0.15) is 83.1 Å². The van der Waals surface area contributed by atoms with Crippen LogP contribution in [0.2, 0.25) is 36.3 Å². The lowest BCUT2D eigenvalue weighted by molar-refractivity contribution is 0.399. The molecule has 10 nitrogen and oxygen atoms in total. The van der Waals surface area contributed by atoms with Crippen LogP contribution in [-0.4, -0.2) is 66.5 Å². The Hall–Kier alpha value is -7.27. The van der Waals surface area contributed by atoms with Crippen molar-refractivity contribution in [1.29, 1.82) is 0 Å². The van der Waals surface area contributed by atoms with E-state index >= 15 is 0 Å². The van der Waals surface area contributed by atoms with Crippen LogP contribution >= 0.6 is 0 Å². The van der Waals surface area contributed by atoms with Gasteiger partial charge in [-0.1, -0.05) is 180 Å². The maximum Gasteiger partial charge on any atom is 0.410 e. The van der Waals surface area contributed by atoms with Crippen molar-refractivity contribution >= 4 is 114 Å². The molecule has 0 amide bonds. The number of rotatable bonds is 16. The fourth-order valence-electron chi connectivity index (χ4n) is 13.9. The minimum Gasteiger partial charge on any atom is -0.434 e. The molecule has 432 valence electrons. The Morgan fingerprint density at radius 1 is 0.306 bits per heavy atom. The molecule has 0 unspecified atom stereocenters. The van der Waals surface area contributed by atoms with E-state index in [4.69, 9.17) is 38.1 Å². The summed E-state index contributed by atoms with van der Waals surface area (Å²) in [6.45, 7) is 28.4. The number of nitrogens with zero attached hydrogens (tertiary/aromatic N) is 6. The predicted molar refractivity (Wildman–Crippen MR) is 363 cm³/mol. The highest BCUT2D eigenvalue weighted by atomic mass is 28.4. The van der Waals surface area contributed by atoms with Gasteiger partial charge in [-0.25, -0.2) is 29.9 Å². The molecule has 0 saturated heterocycles. The Labute approximate surface area is 505 Å². The number of benzene rings is 8. The van der Waals surface area contributed by atoms with Gasteiger partial charge >= 0.3 is 10.0 Å². The van der Waals surface area contributed by atoms with E-state index in [0.717, 1.165) is 86.9 Å². The van der Waals surface area contributed by atoms with E-state index in [0.29, 0.717) is 81.4 Å². The fraction of sp³-hybridized carbons (Fsp3) is 0.333. The van der Waals surface area contributed by atoms with Crippen molar-refractivity contribution in [1.82, 2.24) is 39.9 Å². The van der Waals surface area contributed by atoms with Gasteiger partial charge < -0.3 is 18.2 Å². The molecule has 8 aromatic carbocycles. The summed E-state index contributed by atoms with van der Waals surface area (Å²) in [6, 6.07) is 58.5. The van der Waals surface area contributed by atoms with Gasteiger partial charge in [0, 0.05) is 43.8 Å². The predicted octanol–water partition coefficient (Wildman–Crippen LogP) is 19.9. The third kappa shape index (κ3) is 12.3. The fourth-order valence-corrected chi connectivity index (χ4v) is 27.8. The second-order valence-corrected chi connectivity index (χ2v) is 35.8. The molecule has 0 fully saturated rings. The quantitative estimate of drug-likeness (QED) is 0.0916. The zero-order chi connectivity index (χ0) is 59.3. The van der Waals surface area contributed by atoms with Crippen LogP contribution in [0.4, 0.5) is 0 Å². The Bertz CT molecular complexity index is 4160. The average Bonchev–Trinajstić information content (AvgIpc) is 1.94. The van der Waals surface area contributed by atoms with Crippen LogP contribution < -0.4 is 0 Å². The van der Waals surface area contributed by atoms with Crippen LogP contribution in [0.5, 0.6) is 0 Å². The van der Waals surface area contributed by atoms with Crippen LogP contribution in [0.25, 0.3) is 133 Å². The lowest BCUT2D eigenvalue weighted by atomic mass is 10.0. The van der Waals surface area contributed by atoms with Crippen LogP contribution in [0, 0.1) is 35.5 Å². The number of fused-ring (bicyclic) bond motifs is 24. The molecule has 85 heavy (non-hydrogen) atoms. The molecular weight excluding hydrogens is 1090 g/mol. The maximum atomic E-state index is 6.94. The van der Waals surface area contributed by atoms with Gasteiger partial charge in [-0.15, -0.1) is 0 Å². The highest BCUT2D eigenvalue weighted by molar-refractivity contribution is 6.80. The molecule has 2 aliphatic heterocycles. The summed E-state index contributed by atoms with van der Waals surface area (Å²) < 4.78 is 13.9. The van der Waals surface area contributed by atoms with E-state index in [1.807, 2.05) is 0 Å². The zero-order valence-corrected chi connectivity index (χ0v) is 54.6. The molecular formula is C72H80N8O2Si3. The normalized spacial score (nSPS) is 12.8.